The van der Waals surface area contributed by atoms with Gasteiger partial charge in [-0.2, -0.15) is 4.89 Å². The molecule has 0 aliphatic carbocycles. The molecule has 0 bridgehead atoms. The van der Waals surface area contributed by atoms with Crippen molar-refractivity contribution in [2.24, 2.45) is 0 Å². The largest absolute Gasteiger partial charge is 0.582 e. The molecule has 1 atom stereocenters. The molecule has 0 saturated heterocycles. The van der Waals surface area contributed by atoms with E-state index in [1.165, 1.54) is 83.5 Å². The van der Waals surface area contributed by atoms with Crippen LogP contribution in [-0.2, 0) is 14.1 Å². The first-order chi connectivity index (χ1) is 12.7. The van der Waals surface area contributed by atoms with Gasteiger partial charge in [0.25, 0.3) is 0 Å². The number of hydrogen-bond donors (Lipinski definition) is 1. The quantitative estimate of drug-likeness (QED) is 0.132. The minimum atomic E-state index is -2.19. The Kier molecular flexibility index (Phi) is 21.1. The smallest absolute Gasteiger partial charge is 0.465 e. The molecule has 154 valence electrons. The summed E-state index contributed by atoms with van der Waals surface area (Å²) in [4.78, 5) is 20.1. The highest BCUT2D eigenvalue weighted by Gasteiger charge is 2.12. The van der Waals surface area contributed by atoms with Crippen LogP contribution in [0.3, 0.4) is 0 Å². The lowest BCUT2D eigenvalue weighted by Gasteiger charge is -2.04. The summed E-state index contributed by atoms with van der Waals surface area (Å²) in [6.07, 6.45) is 20.1. The summed E-state index contributed by atoms with van der Waals surface area (Å²) >= 11 is 0.910. The lowest BCUT2D eigenvalue weighted by atomic mass is 10.0. The first kappa shape index (κ1) is 25.9. The molecule has 26 heavy (non-hydrogen) atoms. The minimum Gasteiger partial charge on any atom is -0.465 e. The highest BCUT2D eigenvalue weighted by Crippen LogP contribution is 2.31. The van der Waals surface area contributed by atoms with Gasteiger partial charge in [-0.25, -0.2) is 0 Å². The summed E-state index contributed by atoms with van der Waals surface area (Å²) in [5.41, 5.74) is 0. The Balaban J connectivity index is 3.12. The number of carbonyl (C=O) groups is 1. The van der Waals surface area contributed by atoms with Crippen LogP contribution in [-0.4, -0.2) is 23.2 Å². The molecule has 0 aromatic carbocycles. The molecule has 4 nitrogen and oxygen atoms in total. The average molecular weight is 408 g/mol. The molecule has 0 heterocycles. The number of hydrogen-bond acceptors (Lipinski definition) is 4. The standard InChI is InChI=1S/C20H39O4PS/c1-2-3-4-5-6-7-8-9-10-11-12-13-14-15-16-17-20(21)24-18-19-26-25(22)23/h2-19H2,1H3/p+1. The van der Waals surface area contributed by atoms with Crippen molar-refractivity contribution in [3.05, 3.63) is 0 Å². The fourth-order valence-corrected chi connectivity index (χ4v) is 3.99. The molecule has 0 aliphatic heterocycles. The molecule has 1 unspecified atom stereocenters. The van der Waals surface area contributed by atoms with E-state index in [1.54, 1.807) is 0 Å². The van der Waals surface area contributed by atoms with E-state index < -0.39 is 7.23 Å². The fourth-order valence-electron chi connectivity index (χ4n) is 2.98. The van der Waals surface area contributed by atoms with E-state index in [2.05, 4.69) is 6.92 Å². The molecule has 0 fully saturated rings. The summed E-state index contributed by atoms with van der Waals surface area (Å²) < 4.78 is 15.5. The molecule has 0 spiro atoms. The van der Waals surface area contributed by atoms with Gasteiger partial charge in [0.15, 0.2) is 11.4 Å². The molecule has 1 N–H and O–H groups in total. The summed E-state index contributed by atoms with van der Waals surface area (Å²) in [5, 5.41) is 0. The van der Waals surface area contributed by atoms with Gasteiger partial charge in [0.05, 0.1) is 5.75 Å². The van der Waals surface area contributed by atoms with Crippen molar-refractivity contribution in [3.63, 3.8) is 0 Å². The molecular formula is C20H40O4PS+. The molecule has 0 radical (unpaired) electrons. The number of carbonyl (C=O) groups excluding carboxylic acids is 1. The lowest BCUT2D eigenvalue weighted by Crippen LogP contribution is -2.06. The first-order valence-corrected chi connectivity index (χ1v) is 13.4. The van der Waals surface area contributed by atoms with Crippen molar-refractivity contribution < 1.29 is 19.0 Å². The Hall–Kier alpha value is -0.120. The summed E-state index contributed by atoms with van der Waals surface area (Å²) in [6.45, 7) is 2.49. The van der Waals surface area contributed by atoms with Gasteiger partial charge in [-0.15, -0.1) is 0 Å². The number of unbranched alkanes of at least 4 members (excludes halogenated alkanes) is 14. The minimum absolute atomic E-state index is 0.187. The monoisotopic (exact) mass is 407 g/mol. The van der Waals surface area contributed by atoms with Crippen LogP contribution >= 0.6 is 18.6 Å². The Labute approximate surface area is 165 Å². The van der Waals surface area contributed by atoms with E-state index in [0.29, 0.717) is 12.2 Å². The second-order valence-electron chi connectivity index (χ2n) is 6.99. The maximum atomic E-state index is 11.5. The van der Waals surface area contributed by atoms with Gasteiger partial charge in [-0.3, -0.25) is 4.79 Å². The highest BCUT2D eigenvalue weighted by atomic mass is 32.7. The zero-order chi connectivity index (χ0) is 19.3. The van der Waals surface area contributed by atoms with E-state index in [9.17, 15) is 9.36 Å². The van der Waals surface area contributed by atoms with Gasteiger partial charge < -0.3 is 4.74 Å². The predicted molar refractivity (Wildman–Crippen MR) is 113 cm³/mol. The van der Waals surface area contributed by atoms with Crippen molar-refractivity contribution in [2.45, 2.75) is 110 Å². The molecule has 0 saturated carbocycles. The summed E-state index contributed by atoms with van der Waals surface area (Å²) in [5.74, 6) is 0.199. The van der Waals surface area contributed by atoms with Gasteiger partial charge in [-0.05, 0) is 11.0 Å². The Bertz CT molecular complexity index is 340. The second kappa shape index (κ2) is 21.2. The van der Waals surface area contributed by atoms with E-state index in [4.69, 9.17) is 9.63 Å². The lowest BCUT2D eigenvalue weighted by molar-refractivity contribution is -0.143. The average Bonchev–Trinajstić information content (AvgIpc) is 2.62. The van der Waals surface area contributed by atoms with Gasteiger partial charge >= 0.3 is 13.2 Å². The topological polar surface area (TPSA) is 63.6 Å². The van der Waals surface area contributed by atoms with E-state index in [-0.39, 0.29) is 12.6 Å². The van der Waals surface area contributed by atoms with E-state index >= 15 is 0 Å². The molecular weight excluding hydrogens is 367 g/mol. The number of esters is 1. The molecule has 0 amide bonds. The third kappa shape index (κ3) is 21.9. The fraction of sp³-hybridized carbons (Fsp3) is 0.950. The predicted octanol–water partition coefficient (Wildman–Crippen LogP) is 7.17. The van der Waals surface area contributed by atoms with E-state index in [1.807, 2.05) is 0 Å². The van der Waals surface area contributed by atoms with Gasteiger partial charge in [-0.1, -0.05) is 96.8 Å². The highest BCUT2D eigenvalue weighted by molar-refractivity contribution is 8.50. The third-order valence-corrected chi connectivity index (χ3v) is 6.31. The van der Waals surface area contributed by atoms with Crippen molar-refractivity contribution in [3.8, 4) is 0 Å². The number of rotatable bonds is 20. The van der Waals surface area contributed by atoms with Crippen LogP contribution < -0.4 is 0 Å². The van der Waals surface area contributed by atoms with E-state index in [0.717, 1.165) is 24.2 Å². The summed E-state index contributed by atoms with van der Waals surface area (Å²) in [6, 6.07) is 0. The van der Waals surface area contributed by atoms with Crippen molar-refractivity contribution >= 4 is 24.6 Å². The molecule has 0 aromatic rings. The second-order valence-corrected chi connectivity index (χ2v) is 9.85. The Morgan fingerprint density at radius 3 is 1.65 bits per heavy atom. The zero-order valence-electron chi connectivity index (χ0n) is 16.8. The van der Waals surface area contributed by atoms with Crippen LogP contribution in [0.25, 0.3) is 0 Å². The van der Waals surface area contributed by atoms with Gasteiger partial charge in [0.1, 0.15) is 6.61 Å². The van der Waals surface area contributed by atoms with Crippen molar-refractivity contribution in [2.75, 3.05) is 12.4 Å². The van der Waals surface area contributed by atoms with Gasteiger partial charge in [0, 0.05) is 6.42 Å². The van der Waals surface area contributed by atoms with Crippen LogP contribution in [0.1, 0.15) is 110 Å². The normalized spacial score (nSPS) is 11.5. The Morgan fingerprint density at radius 1 is 0.808 bits per heavy atom. The first-order valence-electron chi connectivity index (χ1n) is 10.6. The van der Waals surface area contributed by atoms with Crippen LogP contribution in [0.5, 0.6) is 0 Å². The SMILES string of the molecule is CCCCCCCCCCCCCCCCCC(=O)OCCS[P+](=O)O. The maximum absolute atomic E-state index is 11.5. The molecule has 0 rings (SSSR count). The van der Waals surface area contributed by atoms with Crippen molar-refractivity contribution in [1.29, 1.82) is 0 Å². The van der Waals surface area contributed by atoms with Crippen LogP contribution in [0, 0.1) is 0 Å². The van der Waals surface area contributed by atoms with Crippen LogP contribution in [0.15, 0.2) is 0 Å². The van der Waals surface area contributed by atoms with Crippen LogP contribution in [0.4, 0.5) is 0 Å². The van der Waals surface area contributed by atoms with Crippen LogP contribution in [0.2, 0.25) is 0 Å². The molecule has 6 heteroatoms. The van der Waals surface area contributed by atoms with Gasteiger partial charge in [0.2, 0.25) is 0 Å². The molecule has 0 aliphatic rings. The molecule has 0 aromatic heterocycles. The Morgan fingerprint density at radius 2 is 1.23 bits per heavy atom. The maximum Gasteiger partial charge on any atom is 0.582 e. The third-order valence-electron chi connectivity index (χ3n) is 4.53. The van der Waals surface area contributed by atoms with Crippen molar-refractivity contribution in [1.82, 2.24) is 0 Å². The summed E-state index contributed by atoms with van der Waals surface area (Å²) in [7, 11) is -2.19. The zero-order valence-corrected chi connectivity index (χ0v) is 18.5. The number of ether oxygens (including phenoxy) is 1.